The third-order valence-corrected chi connectivity index (χ3v) is 4.47. The van der Waals surface area contributed by atoms with E-state index >= 15 is 0 Å². The van der Waals surface area contributed by atoms with E-state index in [-0.39, 0.29) is 18.3 Å². The standard InChI is InChI=1S/C18H25N5O2.ClH/c1-13-3-5-16(6-4-13)25-12-11-20-18(24)17-14(2)23(22-21-17)15-7-9-19-10-8-15;/h3-6,15,19H,7-12H2,1-2H3,(H,20,24);1H. The Morgan fingerprint density at radius 3 is 2.65 bits per heavy atom. The van der Waals surface area contributed by atoms with Crippen molar-refractivity contribution in [1.29, 1.82) is 0 Å². The largest absolute Gasteiger partial charge is 0.492 e. The van der Waals surface area contributed by atoms with E-state index in [2.05, 4.69) is 20.9 Å². The highest BCUT2D eigenvalue weighted by Crippen LogP contribution is 2.20. The number of rotatable bonds is 6. The number of carbonyl (C=O) groups excluding carboxylic acids is 1. The number of nitrogens with zero attached hydrogens (tertiary/aromatic N) is 3. The molecule has 8 heteroatoms. The molecule has 0 radical (unpaired) electrons. The first-order chi connectivity index (χ1) is 12.1. The topological polar surface area (TPSA) is 81.1 Å². The van der Waals surface area contributed by atoms with Crippen molar-refractivity contribution in [3.63, 3.8) is 0 Å². The van der Waals surface area contributed by atoms with Crippen LogP contribution in [-0.4, -0.2) is 47.1 Å². The zero-order valence-electron chi connectivity index (χ0n) is 15.2. The zero-order chi connectivity index (χ0) is 17.6. The van der Waals surface area contributed by atoms with Gasteiger partial charge >= 0.3 is 0 Å². The highest BCUT2D eigenvalue weighted by atomic mass is 35.5. The molecule has 1 aliphatic heterocycles. The third-order valence-electron chi connectivity index (χ3n) is 4.47. The highest BCUT2D eigenvalue weighted by Gasteiger charge is 2.22. The molecular weight excluding hydrogens is 354 g/mol. The Kier molecular flexibility index (Phi) is 7.41. The molecule has 0 bridgehead atoms. The van der Waals surface area contributed by atoms with Crippen LogP contribution in [0.3, 0.4) is 0 Å². The SMILES string of the molecule is Cc1ccc(OCCNC(=O)c2nnn(C3CCNCC3)c2C)cc1.Cl. The number of benzene rings is 1. The molecule has 1 amide bonds. The molecule has 142 valence electrons. The average molecular weight is 380 g/mol. The minimum Gasteiger partial charge on any atom is -0.492 e. The van der Waals surface area contributed by atoms with Gasteiger partial charge in [0.2, 0.25) is 0 Å². The van der Waals surface area contributed by atoms with Crippen LogP contribution in [0.25, 0.3) is 0 Å². The number of hydrogen-bond acceptors (Lipinski definition) is 5. The van der Waals surface area contributed by atoms with E-state index in [1.807, 2.05) is 42.8 Å². The van der Waals surface area contributed by atoms with Crippen LogP contribution in [0.15, 0.2) is 24.3 Å². The number of halogens is 1. The smallest absolute Gasteiger partial charge is 0.273 e. The first-order valence-electron chi connectivity index (χ1n) is 8.75. The van der Waals surface area contributed by atoms with Gasteiger partial charge in [-0.1, -0.05) is 22.9 Å². The van der Waals surface area contributed by atoms with E-state index in [0.717, 1.165) is 37.4 Å². The molecular formula is C18H26ClN5O2. The minimum atomic E-state index is -0.204. The maximum Gasteiger partial charge on any atom is 0.273 e. The molecule has 1 saturated heterocycles. The summed E-state index contributed by atoms with van der Waals surface area (Å²) in [4.78, 5) is 12.3. The second-order valence-corrected chi connectivity index (χ2v) is 6.37. The van der Waals surface area contributed by atoms with Gasteiger partial charge in [0.25, 0.3) is 5.91 Å². The molecule has 1 fully saturated rings. The lowest BCUT2D eigenvalue weighted by atomic mass is 10.1. The van der Waals surface area contributed by atoms with E-state index in [0.29, 0.717) is 24.9 Å². The van der Waals surface area contributed by atoms with Crippen LogP contribution in [0.1, 0.15) is 40.6 Å². The lowest BCUT2D eigenvalue weighted by Crippen LogP contribution is -2.31. The maximum absolute atomic E-state index is 12.3. The summed E-state index contributed by atoms with van der Waals surface area (Å²) in [5.41, 5.74) is 2.41. The fourth-order valence-corrected chi connectivity index (χ4v) is 3.00. The molecule has 1 aromatic heterocycles. The first-order valence-corrected chi connectivity index (χ1v) is 8.75. The Morgan fingerprint density at radius 1 is 1.27 bits per heavy atom. The monoisotopic (exact) mass is 379 g/mol. The van der Waals surface area contributed by atoms with Gasteiger partial charge in [-0.25, -0.2) is 4.68 Å². The molecule has 2 N–H and O–H groups in total. The van der Waals surface area contributed by atoms with Crippen LogP contribution in [-0.2, 0) is 0 Å². The van der Waals surface area contributed by atoms with Gasteiger partial charge in [0.15, 0.2) is 5.69 Å². The fourth-order valence-electron chi connectivity index (χ4n) is 3.00. The summed E-state index contributed by atoms with van der Waals surface area (Å²) in [5, 5.41) is 14.4. The number of aromatic nitrogens is 3. The molecule has 0 unspecified atom stereocenters. The summed E-state index contributed by atoms with van der Waals surface area (Å²) < 4.78 is 7.50. The van der Waals surface area contributed by atoms with Crippen molar-refractivity contribution in [2.24, 2.45) is 0 Å². The van der Waals surface area contributed by atoms with Crippen molar-refractivity contribution in [1.82, 2.24) is 25.6 Å². The van der Waals surface area contributed by atoms with Crippen molar-refractivity contribution in [2.75, 3.05) is 26.2 Å². The quantitative estimate of drug-likeness (QED) is 0.751. The molecule has 2 heterocycles. The van der Waals surface area contributed by atoms with Gasteiger partial charge in [0.1, 0.15) is 12.4 Å². The molecule has 0 atom stereocenters. The van der Waals surface area contributed by atoms with E-state index in [9.17, 15) is 4.79 Å². The van der Waals surface area contributed by atoms with Crippen molar-refractivity contribution in [3.8, 4) is 5.75 Å². The van der Waals surface area contributed by atoms with Crippen LogP contribution >= 0.6 is 12.4 Å². The van der Waals surface area contributed by atoms with Crippen molar-refractivity contribution >= 4 is 18.3 Å². The number of piperidine rings is 1. The predicted molar refractivity (Wildman–Crippen MR) is 102 cm³/mol. The van der Waals surface area contributed by atoms with Crippen LogP contribution < -0.4 is 15.4 Å². The highest BCUT2D eigenvalue weighted by molar-refractivity contribution is 5.93. The Labute approximate surface area is 159 Å². The number of amides is 1. The van der Waals surface area contributed by atoms with Crippen LogP contribution in [0.2, 0.25) is 0 Å². The normalized spacial score (nSPS) is 14.5. The van der Waals surface area contributed by atoms with Crippen molar-refractivity contribution in [3.05, 3.63) is 41.2 Å². The Hall–Kier alpha value is -2.12. The number of nitrogens with one attached hydrogen (secondary N) is 2. The summed E-state index contributed by atoms with van der Waals surface area (Å²) in [6, 6.07) is 8.16. The van der Waals surface area contributed by atoms with Gasteiger partial charge < -0.3 is 15.4 Å². The lowest BCUT2D eigenvalue weighted by Gasteiger charge is -2.23. The number of hydrogen-bond donors (Lipinski definition) is 2. The lowest BCUT2D eigenvalue weighted by molar-refractivity contribution is 0.0941. The third kappa shape index (κ3) is 4.95. The van der Waals surface area contributed by atoms with E-state index in [1.54, 1.807) is 0 Å². The van der Waals surface area contributed by atoms with Gasteiger partial charge in [0.05, 0.1) is 18.3 Å². The maximum atomic E-state index is 12.3. The van der Waals surface area contributed by atoms with Crippen LogP contribution in [0.5, 0.6) is 5.75 Å². The number of ether oxygens (including phenoxy) is 1. The van der Waals surface area contributed by atoms with Gasteiger partial charge in [-0.2, -0.15) is 0 Å². The zero-order valence-corrected chi connectivity index (χ0v) is 16.0. The summed E-state index contributed by atoms with van der Waals surface area (Å²) in [5.74, 6) is 0.595. The first kappa shape index (κ1) is 20.2. The van der Waals surface area contributed by atoms with Crippen molar-refractivity contribution in [2.45, 2.75) is 32.7 Å². The average Bonchev–Trinajstić information content (AvgIpc) is 3.02. The van der Waals surface area contributed by atoms with Gasteiger partial charge in [-0.15, -0.1) is 17.5 Å². The summed E-state index contributed by atoms with van der Waals surface area (Å²) in [6.07, 6.45) is 2.02. The molecule has 0 saturated carbocycles. The summed E-state index contributed by atoms with van der Waals surface area (Å²) >= 11 is 0. The molecule has 0 spiro atoms. The fraction of sp³-hybridized carbons (Fsp3) is 0.500. The van der Waals surface area contributed by atoms with Crippen molar-refractivity contribution < 1.29 is 9.53 Å². The van der Waals surface area contributed by atoms with Gasteiger partial charge in [0, 0.05) is 0 Å². The molecule has 3 rings (SSSR count). The molecule has 1 aliphatic rings. The number of aryl methyl sites for hydroxylation is 1. The van der Waals surface area contributed by atoms with E-state index in [1.165, 1.54) is 5.56 Å². The molecule has 7 nitrogen and oxygen atoms in total. The Balaban J connectivity index is 0.00000243. The Bertz CT molecular complexity index is 711. The van der Waals surface area contributed by atoms with E-state index in [4.69, 9.17) is 4.74 Å². The summed E-state index contributed by atoms with van der Waals surface area (Å²) in [6.45, 7) is 6.72. The van der Waals surface area contributed by atoms with Crippen LogP contribution in [0.4, 0.5) is 0 Å². The molecule has 1 aromatic carbocycles. The number of carbonyl (C=O) groups is 1. The molecule has 0 aliphatic carbocycles. The van der Waals surface area contributed by atoms with Gasteiger partial charge in [-0.3, -0.25) is 4.79 Å². The molecule has 2 aromatic rings. The van der Waals surface area contributed by atoms with Gasteiger partial charge in [-0.05, 0) is 51.9 Å². The van der Waals surface area contributed by atoms with Crippen LogP contribution in [0, 0.1) is 13.8 Å². The second-order valence-electron chi connectivity index (χ2n) is 6.37. The second kappa shape index (κ2) is 9.54. The van der Waals surface area contributed by atoms with E-state index < -0.39 is 0 Å². The predicted octanol–water partition coefficient (Wildman–Crippen LogP) is 2.05. The Morgan fingerprint density at radius 2 is 1.96 bits per heavy atom. The molecule has 26 heavy (non-hydrogen) atoms. The minimum absolute atomic E-state index is 0. The summed E-state index contributed by atoms with van der Waals surface area (Å²) in [7, 11) is 0.